The zero-order chi connectivity index (χ0) is 15.5. The SMILES string of the molecule is Clc1ccc(CC(CBr)(CBr)c2ccccc2Cl)cc1Cl. The van der Waals surface area contributed by atoms with Gasteiger partial charge in [0.05, 0.1) is 10.0 Å². The molecule has 0 N–H and O–H groups in total. The highest BCUT2D eigenvalue weighted by molar-refractivity contribution is 9.09. The molecule has 0 saturated heterocycles. The highest BCUT2D eigenvalue weighted by Crippen LogP contribution is 2.37. The van der Waals surface area contributed by atoms with Gasteiger partial charge in [-0.1, -0.05) is 90.9 Å². The molecule has 0 aliphatic carbocycles. The Balaban J connectivity index is 2.43. The van der Waals surface area contributed by atoms with Gasteiger partial charge >= 0.3 is 0 Å². The first kappa shape index (κ1) is 17.6. The molecule has 2 aromatic carbocycles. The van der Waals surface area contributed by atoms with Crippen LogP contribution >= 0.6 is 66.7 Å². The van der Waals surface area contributed by atoms with E-state index in [0.717, 1.165) is 33.2 Å². The summed E-state index contributed by atoms with van der Waals surface area (Å²) in [5.41, 5.74) is 2.10. The van der Waals surface area contributed by atoms with Gasteiger partial charge in [0.1, 0.15) is 0 Å². The molecule has 0 atom stereocenters. The molecule has 0 aliphatic rings. The molecule has 2 rings (SSSR count). The van der Waals surface area contributed by atoms with E-state index < -0.39 is 0 Å². The van der Waals surface area contributed by atoms with Gasteiger partial charge < -0.3 is 0 Å². The summed E-state index contributed by atoms with van der Waals surface area (Å²) in [4.78, 5) is 0. The first-order chi connectivity index (χ1) is 10.0. The molecule has 0 amide bonds. The lowest BCUT2D eigenvalue weighted by Gasteiger charge is -2.32. The Labute approximate surface area is 157 Å². The van der Waals surface area contributed by atoms with Gasteiger partial charge in [0.15, 0.2) is 0 Å². The number of hydrogen-bond donors (Lipinski definition) is 0. The second-order valence-electron chi connectivity index (χ2n) is 4.95. The zero-order valence-electron chi connectivity index (χ0n) is 11.1. The van der Waals surface area contributed by atoms with Crippen molar-refractivity contribution in [3.63, 3.8) is 0 Å². The molecule has 0 spiro atoms. The van der Waals surface area contributed by atoms with Crippen molar-refractivity contribution in [2.24, 2.45) is 0 Å². The Hall–Kier alpha value is 0.270. The fraction of sp³-hybridized carbons (Fsp3) is 0.250. The van der Waals surface area contributed by atoms with Crippen LogP contribution in [0.5, 0.6) is 0 Å². The van der Waals surface area contributed by atoms with Gasteiger partial charge in [0, 0.05) is 21.1 Å². The summed E-state index contributed by atoms with van der Waals surface area (Å²) < 4.78 is 0. The average Bonchev–Trinajstić information content (AvgIpc) is 2.49. The predicted molar refractivity (Wildman–Crippen MR) is 101 cm³/mol. The van der Waals surface area contributed by atoms with Crippen molar-refractivity contribution in [3.05, 3.63) is 68.7 Å². The van der Waals surface area contributed by atoms with Crippen LogP contribution < -0.4 is 0 Å². The lowest BCUT2D eigenvalue weighted by molar-refractivity contribution is 0.551. The van der Waals surface area contributed by atoms with Crippen molar-refractivity contribution in [1.82, 2.24) is 0 Å². The van der Waals surface area contributed by atoms with Crippen LogP contribution in [-0.2, 0) is 11.8 Å². The van der Waals surface area contributed by atoms with Gasteiger partial charge in [0.25, 0.3) is 0 Å². The fourth-order valence-electron chi connectivity index (χ4n) is 2.30. The van der Waals surface area contributed by atoms with Crippen LogP contribution in [0.4, 0.5) is 0 Å². The van der Waals surface area contributed by atoms with Crippen LogP contribution in [0.1, 0.15) is 11.1 Å². The van der Waals surface area contributed by atoms with Gasteiger partial charge in [-0.05, 0) is 35.7 Å². The lowest BCUT2D eigenvalue weighted by Crippen LogP contribution is -2.33. The topological polar surface area (TPSA) is 0 Å². The third-order valence-electron chi connectivity index (χ3n) is 3.48. The normalized spacial score (nSPS) is 11.7. The third-order valence-corrected chi connectivity index (χ3v) is 6.70. The molecule has 0 bridgehead atoms. The molecule has 0 aromatic heterocycles. The van der Waals surface area contributed by atoms with E-state index in [1.807, 2.05) is 36.4 Å². The number of hydrogen-bond acceptors (Lipinski definition) is 0. The van der Waals surface area contributed by atoms with E-state index in [1.54, 1.807) is 0 Å². The molecule has 0 fully saturated rings. The van der Waals surface area contributed by atoms with Crippen LogP contribution in [0.3, 0.4) is 0 Å². The van der Waals surface area contributed by atoms with Crippen molar-refractivity contribution in [3.8, 4) is 0 Å². The van der Waals surface area contributed by atoms with E-state index in [4.69, 9.17) is 34.8 Å². The minimum atomic E-state index is -0.143. The molecule has 2 aromatic rings. The molecule has 0 nitrogen and oxygen atoms in total. The lowest BCUT2D eigenvalue weighted by atomic mass is 9.79. The quantitative estimate of drug-likeness (QED) is 0.416. The minimum Gasteiger partial charge on any atom is -0.0918 e. The van der Waals surface area contributed by atoms with Crippen LogP contribution in [0.25, 0.3) is 0 Å². The van der Waals surface area contributed by atoms with Crippen LogP contribution in [-0.4, -0.2) is 10.7 Å². The summed E-state index contributed by atoms with van der Waals surface area (Å²) in [6.45, 7) is 0. The Bertz CT molecular complexity index is 625. The first-order valence-corrected chi connectivity index (χ1v) is 9.71. The number of rotatable bonds is 5. The molecule has 112 valence electrons. The van der Waals surface area contributed by atoms with Crippen LogP contribution in [0, 0.1) is 0 Å². The second-order valence-corrected chi connectivity index (χ2v) is 7.30. The molecule has 0 radical (unpaired) electrons. The smallest absolute Gasteiger partial charge is 0.0595 e. The maximum absolute atomic E-state index is 6.40. The van der Waals surface area contributed by atoms with Gasteiger partial charge in [0.2, 0.25) is 0 Å². The Kier molecular flexibility index (Phi) is 6.46. The van der Waals surface area contributed by atoms with E-state index in [0.29, 0.717) is 10.0 Å². The van der Waals surface area contributed by atoms with Crippen LogP contribution in [0.15, 0.2) is 42.5 Å². The van der Waals surface area contributed by atoms with Crippen molar-refractivity contribution in [2.45, 2.75) is 11.8 Å². The summed E-state index contributed by atoms with van der Waals surface area (Å²) in [5, 5.41) is 3.49. The Morgan fingerprint density at radius 1 is 0.810 bits per heavy atom. The first-order valence-electron chi connectivity index (χ1n) is 6.33. The number of benzene rings is 2. The maximum Gasteiger partial charge on any atom is 0.0595 e. The summed E-state index contributed by atoms with van der Waals surface area (Å²) in [6.07, 6.45) is 0.810. The molecule has 0 heterocycles. The summed E-state index contributed by atoms with van der Waals surface area (Å²) in [6, 6.07) is 13.7. The molecule has 5 heteroatoms. The molecule has 0 unspecified atom stereocenters. The summed E-state index contributed by atoms with van der Waals surface area (Å²) in [5.74, 6) is 0. The van der Waals surface area contributed by atoms with E-state index in [1.165, 1.54) is 0 Å². The largest absolute Gasteiger partial charge is 0.0918 e. The van der Waals surface area contributed by atoms with Crippen molar-refractivity contribution in [1.29, 1.82) is 0 Å². The Morgan fingerprint density at radius 3 is 2.05 bits per heavy atom. The maximum atomic E-state index is 6.40. The fourth-order valence-corrected chi connectivity index (χ4v) is 4.89. The van der Waals surface area contributed by atoms with E-state index in [-0.39, 0.29) is 5.41 Å². The molecule has 0 aliphatic heterocycles. The second kappa shape index (κ2) is 7.70. The zero-order valence-corrected chi connectivity index (χ0v) is 16.5. The number of halogens is 5. The van der Waals surface area contributed by atoms with Crippen molar-refractivity contribution < 1.29 is 0 Å². The standard InChI is InChI=1S/C16H13Br2Cl3/c17-9-16(10-18,12-3-1-2-4-13(12)19)8-11-5-6-14(20)15(21)7-11/h1-7H,8-10H2. The highest BCUT2D eigenvalue weighted by atomic mass is 79.9. The van der Waals surface area contributed by atoms with Gasteiger partial charge in [-0.15, -0.1) is 0 Å². The predicted octanol–water partition coefficient (Wildman–Crippen LogP) is 6.92. The molecular weight excluding hydrogens is 458 g/mol. The third kappa shape index (κ3) is 3.97. The summed E-state index contributed by atoms with van der Waals surface area (Å²) in [7, 11) is 0. The van der Waals surface area contributed by atoms with Gasteiger partial charge in [-0.3, -0.25) is 0 Å². The highest BCUT2D eigenvalue weighted by Gasteiger charge is 2.32. The van der Waals surface area contributed by atoms with Gasteiger partial charge in [-0.25, -0.2) is 0 Å². The molecular formula is C16H13Br2Cl3. The van der Waals surface area contributed by atoms with Crippen molar-refractivity contribution in [2.75, 3.05) is 10.7 Å². The van der Waals surface area contributed by atoms with E-state index in [9.17, 15) is 0 Å². The van der Waals surface area contributed by atoms with Crippen LogP contribution in [0.2, 0.25) is 15.1 Å². The molecule has 0 saturated carbocycles. The van der Waals surface area contributed by atoms with E-state index in [2.05, 4.69) is 37.9 Å². The molecule has 21 heavy (non-hydrogen) atoms. The summed E-state index contributed by atoms with van der Waals surface area (Å²) >= 11 is 25.8. The number of alkyl halides is 2. The Morgan fingerprint density at radius 2 is 1.48 bits per heavy atom. The van der Waals surface area contributed by atoms with E-state index >= 15 is 0 Å². The minimum absolute atomic E-state index is 0.143. The average molecular weight is 471 g/mol. The van der Waals surface area contributed by atoms with Crippen molar-refractivity contribution >= 4 is 66.7 Å². The monoisotopic (exact) mass is 468 g/mol. The van der Waals surface area contributed by atoms with Gasteiger partial charge in [-0.2, -0.15) is 0 Å².